The molecule has 1 aliphatic heterocycles. The van der Waals surface area contributed by atoms with Crippen molar-refractivity contribution in [3.63, 3.8) is 0 Å². The van der Waals surface area contributed by atoms with Crippen molar-refractivity contribution in [1.29, 1.82) is 0 Å². The monoisotopic (exact) mass is 396 g/mol. The summed E-state index contributed by atoms with van der Waals surface area (Å²) < 4.78 is 11.3. The third-order valence-corrected chi connectivity index (χ3v) is 5.68. The van der Waals surface area contributed by atoms with Gasteiger partial charge in [-0.25, -0.2) is 0 Å². The summed E-state index contributed by atoms with van der Waals surface area (Å²) >= 11 is 0. The standard InChI is InChI=1S/C24H32N2O3/c1-18-5-4-6-20(15-18)16-29-22-9-7-21(8-10-22)19(2)26-23(27)24(17-28-3)11-13-25-14-12-24/h4-10,15,19,25H,11-14,16-17H2,1-3H3,(H,26,27). The van der Waals surface area contributed by atoms with Gasteiger partial charge in [-0.05, 0) is 63.0 Å². The summed E-state index contributed by atoms with van der Waals surface area (Å²) in [5.74, 6) is 0.899. The second kappa shape index (κ2) is 9.90. The summed E-state index contributed by atoms with van der Waals surface area (Å²) in [7, 11) is 1.66. The third kappa shape index (κ3) is 5.58. The molecule has 1 unspecified atom stereocenters. The Labute approximate surface area is 173 Å². The van der Waals surface area contributed by atoms with Gasteiger partial charge in [0, 0.05) is 7.11 Å². The molecule has 1 aliphatic rings. The second-order valence-corrected chi connectivity index (χ2v) is 8.01. The molecule has 5 heteroatoms. The van der Waals surface area contributed by atoms with Crippen molar-refractivity contribution in [2.24, 2.45) is 5.41 Å². The first-order valence-corrected chi connectivity index (χ1v) is 10.3. The number of ether oxygens (including phenoxy) is 2. The van der Waals surface area contributed by atoms with Crippen LogP contribution in [-0.2, 0) is 16.1 Å². The van der Waals surface area contributed by atoms with Gasteiger partial charge in [-0.3, -0.25) is 4.79 Å². The van der Waals surface area contributed by atoms with Gasteiger partial charge in [0.05, 0.1) is 18.1 Å². The summed E-state index contributed by atoms with van der Waals surface area (Å²) in [6.45, 7) is 6.78. The van der Waals surface area contributed by atoms with Crippen molar-refractivity contribution >= 4 is 5.91 Å². The first-order chi connectivity index (χ1) is 14.0. The predicted molar refractivity (Wildman–Crippen MR) is 115 cm³/mol. The highest BCUT2D eigenvalue weighted by molar-refractivity contribution is 5.83. The molecule has 2 aromatic carbocycles. The van der Waals surface area contributed by atoms with E-state index in [0.29, 0.717) is 13.2 Å². The summed E-state index contributed by atoms with van der Waals surface area (Å²) in [5.41, 5.74) is 3.00. The normalized spacial score (nSPS) is 16.8. The summed E-state index contributed by atoms with van der Waals surface area (Å²) in [4.78, 5) is 13.0. The number of rotatable bonds is 8. The highest BCUT2D eigenvalue weighted by atomic mass is 16.5. The van der Waals surface area contributed by atoms with E-state index in [1.807, 2.05) is 37.3 Å². The van der Waals surface area contributed by atoms with E-state index >= 15 is 0 Å². The maximum absolute atomic E-state index is 13.0. The molecular weight excluding hydrogens is 364 g/mol. The lowest BCUT2D eigenvalue weighted by Gasteiger charge is -2.36. The number of hydrogen-bond donors (Lipinski definition) is 2. The molecule has 1 heterocycles. The van der Waals surface area contributed by atoms with Gasteiger partial charge < -0.3 is 20.1 Å². The molecule has 29 heavy (non-hydrogen) atoms. The van der Waals surface area contributed by atoms with Crippen molar-refractivity contribution in [2.75, 3.05) is 26.8 Å². The van der Waals surface area contributed by atoms with E-state index in [1.165, 1.54) is 5.56 Å². The fourth-order valence-electron chi connectivity index (χ4n) is 3.87. The van der Waals surface area contributed by atoms with Crippen molar-refractivity contribution < 1.29 is 14.3 Å². The zero-order valence-corrected chi connectivity index (χ0v) is 17.7. The van der Waals surface area contributed by atoms with Crippen LogP contribution in [0.1, 0.15) is 42.5 Å². The van der Waals surface area contributed by atoms with E-state index < -0.39 is 5.41 Å². The minimum Gasteiger partial charge on any atom is -0.489 e. The highest BCUT2D eigenvalue weighted by Gasteiger charge is 2.40. The van der Waals surface area contributed by atoms with Gasteiger partial charge in [0.15, 0.2) is 0 Å². The van der Waals surface area contributed by atoms with E-state index in [9.17, 15) is 4.79 Å². The highest BCUT2D eigenvalue weighted by Crippen LogP contribution is 2.30. The maximum Gasteiger partial charge on any atom is 0.229 e. The molecule has 0 aliphatic carbocycles. The fraction of sp³-hybridized carbons (Fsp3) is 0.458. The van der Waals surface area contributed by atoms with E-state index in [4.69, 9.17) is 9.47 Å². The van der Waals surface area contributed by atoms with Crippen LogP contribution in [0.2, 0.25) is 0 Å². The molecule has 5 nitrogen and oxygen atoms in total. The van der Waals surface area contributed by atoms with E-state index in [2.05, 4.69) is 35.8 Å². The molecular formula is C24H32N2O3. The Morgan fingerprint density at radius 3 is 2.55 bits per heavy atom. The molecule has 2 N–H and O–H groups in total. The number of carbonyl (C=O) groups excluding carboxylic acids is 1. The molecule has 0 aromatic heterocycles. The van der Waals surface area contributed by atoms with Gasteiger partial charge in [-0.1, -0.05) is 42.0 Å². The van der Waals surface area contributed by atoms with Crippen LogP contribution in [0.25, 0.3) is 0 Å². The number of nitrogens with one attached hydrogen (secondary N) is 2. The van der Waals surface area contributed by atoms with Crippen LogP contribution < -0.4 is 15.4 Å². The largest absolute Gasteiger partial charge is 0.489 e. The third-order valence-electron chi connectivity index (χ3n) is 5.68. The first kappa shape index (κ1) is 21.3. The summed E-state index contributed by atoms with van der Waals surface area (Å²) in [5, 5.41) is 6.51. The van der Waals surface area contributed by atoms with Crippen LogP contribution in [-0.4, -0.2) is 32.7 Å². The van der Waals surface area contributed by atoms with Gasteiger partial charge in [-0.2, -0.15) is 0 Å². The molecule has 0 radical (unpaired) electrons. The van der Waals surface area contributed by atoms with Crippen LogP contribution in [0.3, 0.4) is 0 Å². The zero-order chi connectivity index (χ0) is 20.7. The average molecular weight is 397 g/mol. The molecule has 0 saturated carbocycles. The SMILES string of the molecule is COCC1(C(=O)NC(C)c2ccc(OCc3cccc(C)c3)cc2)CCNCC1. The lowest BCUT2D eigenvalue weighted by molar-refractivity contribution is -0.136. The predicted octanol–water partition coefficient (Wildman–Crippen LogP) is 3.77. The Balaban J connectivity index is 1.58. The summed E-state index contributed by atoms with van der Waals surface area (Å²) in [6.07, 6.45) is 1.59. The molecule has 1 amide bonds. The number of hydrogen-bond acceptors (Lipinski definition) is 4. The molecule has 1 atom stereocenters. The zero-order valence-electron chi connectivity index (χ0n) is 17.7. The second-order valence-electron chi connectivity index (χ2n) is 8.01. The van der Waals surface area contributed by atoms with Crippen LogP contribution in [0.15, 0.2) is 48.5 Å². The molecule has 0 spiro atoms. The van der Waals surface area contributed by atoms with Gasteiger partial charge in [-0.15, -0.1) is 0 Å². The van der Waals surface area contributed by atoms with E-state index in [0.717, 1.165) is 42.8 Å². The van der Waals surface area contributed by atoms with Gasteiger partial charge in [0.1, 0.15) is 12.4 Å². The van der Waals surface area contributed by atoms with Crippen LogP contribution in [0, 0.1) is 12.3 Å². The number of amides is 1. The number of benzene rings is 2. The number of aryl methyl sites for hydroxylation is 1. The molecule has 0 bridgehead atoms. The minimum absolute atomic E-state index is 0.0723. The van der Waals surface area contributed by atoms with Crippen LogP contribution >= 0.6 is 0 Å². The molecule has 3 rings (SSSR count). The van der Waals surface area contributed by atoms with Gasteiger partial charge in [0.2, 0.25) is 5.91 Å². The summed E-state index contributed by atoms with van der Waals surface area (Å²) in [6, 6.07) is 16.2. The van der Waals surface area contributed by atoms with E-state index in [1.54, 1.807) is 7.11 Å². The van der Waals surface area contributed by atoms with Crippen molar-refractivity contribution in [3.05, 3.63) is 65.2 Å². The number of carbonyl (C=O) groups is 1. The molecule has 2 aromatic rings. The van der Waals surface area contributed by atoms with Gasteiger partial charge in [0.25, 0.3) is 0 Å². The fourth-order valence-corrected chi connectivity index (χ4v) is 3.87. The average Bonchev–Trinajstić information content (AvgIpc) is 2.73. The van der Waals surface area contributed by atoms with Crippen molar-refractivity contribution in [3.8, 4) is 5.75 Å². The van der Waals surface area contributed by atoms with Crippen molar-refractivity contribution in [2.45, 2.75) is 39.3 Å². The first-order valence-electron chi connectivity index (χ1n) is 10.3. The minimum atomic E-state index is -0.439. The Morgan fingerprint density at radius 2 is 1.90 bits per heavy atom. The lowest BCUT2D eigenvalue weighted by Crippen LogP contribution is -2.50. The molecule has 1 fully saturated rings. The topological polar surface area (TPSA) is 59.6 Å². The van der Waals surface area contributed by atoms with Crippen molar-refractivity contribution in [1.82, 2.24) is 10.6 Å². The number of piperidine rings is 1. The Bertz CT molecular complexity index is 793. The smallest absolute Gasteiger partial charge is 0.229 e. The Kier molecular flexibility index (Phi) is 7.29. The Morgan fingerprint density at radius 1 is 1.17 bits per heavy atom. The maximum atomic E-state index is 13.0. The number of methoxy groups -OCH3 is 1. The Hall–Kier alpha value is -2.37. The van der Waals surface area contributed by atoms with Crippen LogP contribution in [0.5, 0.6) is 5.75 Å². The molecule has 156 valence electrons. The van der Waals surface area contributed by atoms with Crippen LogP contribution in [0.4, 0.5) is 0 Å². The van der Waals surface area contributed by atoms with Gasteiger partial charge >= 0.3 is 0 Å². The quantitative estimate of drug-likeness (QED) is 0.713. The molecule has 1 saturated heterocycles. The van der Waals surface area contributed by atoms with E-state index in [-0.39, 0.29) is 11.9 Å². The lowest BCUT2D eigenvalue weighted by atomic mass is 9.78.